The van der Waals surface area contributed by atoms with Crippen molar-refractivity contribution in [2.45, 2.75) is 12.6 Å². The molecular weight excluding hydrogens is 99.1 g/mol. The van der Waals surface area contributed by atoms with Gasteiger partial charge in [0.05, 0.1) is 0 Å². The van der Waals surface area contributed by atoms with Crippen LogP contribution in [0.2, 0.25) is 0 Å². The lowest BCUT2D eigenvalue weighted by Gasteiger charge is -1.84. The smallest absolute Gasteiger partial charge is 0.109 e. The van der Waals surface area contributed by atoms with E-state index in [0.29, 0.717) is 5.66 Å². The van der Waals surface area contributed by atoms with Crippen LogP contribution in [0.5, 0.6) is 0 Å². The molecule has 0 aromatic rings. The molecule has 0 saturated heterocycles. The van der Waals surface area contributed by atoms with Gasteiger partial charge in [-0.15, -0.1) is 9.24 Å². The van der Waals surface area contributed by atoms with Crippen molar-refractivity contribution in [2.75, 3.05) is 5.75 Å². The fourth-order valence-electron chi connectivity index (χ4n) is 0. The summed E-state index contributed by atoms with van der Waals surface area (Å²) in [6.07, 6.45) is 0. The van der Waals surface area contributed by atoms with Gasteiger partial charge in [0.15, 0.2) is 0 Å². The summed E-state index contributed by atoms with van der Waals surface area (Å²) in [5.41, 5.74) is 0.715. The standard InChI is InChI=1S/C3H9PS/c1-3(4)2-5/h3,5H,2,4H2,1H3/p+1. The van der Waals surface area contributed by atoms with Crippen molar-refractivity contribution in [3.63, 3.8) is 0 Å². The summed E-state index contributed by atoms with van der Waals surface area (Å²) in [6.45, 7) is 2.14. The number of rotatable bonds is 1. The molecule has 0 spiro atoms. The molecule has 0 nitrogen and oxygen atoms in total. The fraction of sp³-hybridized carbons (Fsp3) is 1.00. The Morgan fingerprint density at radius 1 is 2.00 bits per heavy atom. The molecule has 0 aliphatic carbocycles. The molecule has 0 rings (SSSR count). The molecule has 0 aliphatic rings. The maximum absolute atomic E-state index is 3.33. The highest BCUT2D eigenvalue weighted by molar-refractivity contribution is 7.59. The van der Waals surface area contributed by atoms with Gasteiger partial charge in [0.25, 0.3) is 0 Å². The second kappa shape index (κ2) is 2.99. The van der Waals surface area contributed by atoms with E-state index in [-0.39, 0.29) is 0 Å². The molecule has 2 atom stereocenters. The average molecular weight is 109 g/mol. The van der Waals surface area contributed by atoms with Crippen LogP contribution >= 0.6 is 9.24 Å². The van der Waals surface area contributed by atoms with Crippen LogP contribution in [0.15, 0.2) is 0 Å². The van der Waals surface area contributed by atoms with Crippen LogP contribution in [0.25, 0.3) is 0 Å². The van der Waals surface area contributed by atoms with Crippen molar-refractivity contribution in [3.05, 3.63) is 0 Å². The molecule has 0 N–H and O–H groups in total. The van der Waals surface area contributed by atoms with Gasteiger partial charge in [0.2, 0.25) is 0 Å². The molecular formula is C3H10PS+. The summed E-state index contributed by atoms with van der Waals surface area (Å²) in [5.74, 6) is 1.07. The van der Waals surface area contributed by atoms with E-state index in [0.717, 1.165) is 5.75 Å². The summed E-state index contributed by atoms with van der Waals surface area (Å²) >= 11 is 3.33. The maximum Gasteiger partial charge on any atom is 0.109 e. The molecule has 0 amide bonds. The summed E-state index contributed by atoms with van der Waals surface area (Å²) in [6, 6.07) is 0. The van der Waals surface area contributed by atoms with Crippen LogP contribution < -0.4 is 0 Å². The van der Waals surface area contributed by atoms with Crippen molar-refractivity contribution in [1.29, 1.82) is 0 Å². The topological polar surface area (TPSA) is 0 Å². The highest BCUT2D eigenvalue weighted by atomic mass is 32.1. The summed E-state index contributed by atoms with van der Waals surface area (Å²) in [5, 5.41) is 0. The molecule has 2 heteroatoms. The molecule has 0 bridgehead atoms. The van der Waals surface area contributed by atoms with E-state index in [1.807, 2.05) is 0 Å². The monoisotopic (exact) mass is 109 g/mol. The van der Waals surface area contributed by atoms with E-state index in [2.05, 4.69) is 28.8 Å². The fourth-order valence-corrected chi connectivity index (χ4v) is 0. The van der Waals surface area contributed by atoms with Crippen LogP contribution in [0.1, 0.15) is 6.92 Å². The van der Waals surface area contributed by atoms with E-state index < -0.39 is 0 Å². The number of hydrogen-bond acceptors (Lipinski definition) is 0. The Balaban J connectivity index is 2.54. The van der Waals surface area contributed by atoms with Crippen molar-refractivity contribution < 1.29 is 0 Å². The minimum atomic E-state index is 0.715. The van der Waals surface area contributed by atoms with Gasteiger partial charge in [-0.25, -0.2) is 0 Å². The van der Waals surface area contributed by atoms with Gasteiger partial charge < -0.3 is 0 Å². The van der Waals surface area contributed by atoms with Crippen LogP contribution in [0, 0.1) is 0 Å². The second-order valence-electron chi connectivity index (χ2n) is 1.18. The Bertz CT molecular complexity index is 20.9. The Hall–Kier alpha value is 0.780. The van der Waals surface area contributed by atoms with Gasteiger partial charge in [-0.1, -0.05) is 6.92 Å². The Kier molecular flexibility index (Phi) is 3.46. The summed E-state index contributed by atoms with van der Waals surface area (Å²) < 4.78 is 0. The molecule has 0 aliphatic heterocycles. The first-order chi connectivity index (χ1) is 2.27. The largest absolute Gasteiger partial charge is 0.130 e. The third-order valence-corrected chi connectivity index (χ3v) is 1.67. The predicted molar refractivity (Wildman–Crippen MR) is 34.2 cm³/mol. The van der Waals surface area contributed by atoms with Gasteiger partial charge in [-0.2, -0.15) is 0 Å². The Morgan fingerprint density at radius 2 is 2.20 bits per heavy atom. The molecule has 0 heterocycles. The molecule has 0 aromatic heterocycles. The highest BCUT2D eigenvalue weighted by Gasteiger charge is 1.86. The zero-order valence-corrected chi connectivity index (χ0v) is 5.52. The van der Waals surface area contributed by atoms with Gasteiger partial charge >= 0.3 is 0 Å². The third kappa shape index (κ3) is 4.78. The van der Waals surface area contributed by atoms with Crippen molar-refractivity contribution in [2.24, 2.45) is 0 Å². The predicted octanol–water partition coefficient (Wildman–Crippen LogP) is 0.261. The van der Waals surface area contributed by atoms with Gasteiger partial charge in [-0.05, 0) is 12.6 Å². The summed E-state index contributed by atoms with van der Waals surface area (Å²) in [4.78, 5) is 0. The first-order valence-electron chi connectivity index (χ1n) is 1.67. The highest BCUT2D eigenvalue weighted by Crippen LogP contribution is 1.92. The average Bonchev–Trinajstić information content (AvgIpc) is 1.38. The zero-order valence-electron chi connectivity index (χ0n) is 3.36. The van der Waals surface area contributed by atoms with E-state index in [1.165, 1.54) is 0 Å². The van der Waals surface area contributed by atoms with E-state index >= 15 is 0 Å². The molecule has 0 radical (unpaired) electrons. The third-order valence-electron chi connectivity index (χ3n) is 0.322. The second-order valence-corrected chi connectivity index (χ2v) is 2.73. The van der Waals surface area contributed by atoms with E-state index in [9.17, 15) is 0 Å². The molecule has 0 saturated carbocycles. The number of hydrogen-bond donors (Lipinski definition) is 0. The van der Waals surface area contributed by atoms with Crippen molar-refractivity contribution in [3.8, 4) is 0 Å². The molecule has 0 aromatic carbocycles. The minimum Gasteiger partial charge on any atom is -0.130 e. The van der Waals surface area contributed by atoms with Crippen LogP contribution in [0.3, 0.4) is 0 Å². The van der Waals surface area contributed by atoms with Crippen LogP contribution in [0.4, 0.5) is 0 Å². The van der Waals surface area contributed by atoms with Gasteiger partial charge in [0.1, 0.15) is 5.75 Å². The lowest BCUT2D eigenvalue weighted by atomic mass is 10.6. The maximum atomic E-state index is 3.33. The normalized spacial score (nSPS) is 15.0. The molecule has 2 unspecified atom stereocenters. The van der Waals surface area contributed by atoms with Crippen LogP contribution in [-0.4, -0.2) is 11.4 Å². The van der Waals surface area contributed by atoms with E-state index in [4.69, 9.17) is 0 Å². The SMILES string of the molecule is CC(P)C[SH2+]. The molecule has 0 fully saturated rings. The first-order valence-corrected chi connectivity index (χ1v) is 3.05. The lowest BCUT2D eigenvalue weighted by Crippen LogP contribution is -1.90. The quantitative estimate of drug-likeness (QED) is 0.335. The zero-order chi connectivity index (χ0) is 4.28. The molecule has 5 heavy (non-hydrogen) atoms. The minimum absolute atomic E-state index is 0.715. The lowest BCUT2D eigenvalue weighted by molar-refractivity contribution is 1.14. The van der Waals surface area contributed by atoms with E-state index in [1.54, 1.807) is 0 Å². The first kappa shape index (κ1) is 5.78. The van der Waals surface area contributed by atoms with Crippen molar-refractivity contribution >= 4 is 21.9 Å². The molecule has 32 valence electrons. The Labute approximate surface area is 41.0 Å². The van der Waals surface area contributed by atoms with Crippen LogP contribution in [-0.2, 0) is 12.6 Å². The van der Waals surface area contributed by atoms with Gasteiger partial charge in [-0.3, -0.25) is 0 Å². The van der Waals surface area contributed by atoms with Gasteiger partial charge in [0, 0.05) is 5.66 Å². The summed E-state index contributed by atoms with van der Waals surface area (Å²) in [7, 11) is 2.69. The Morgan fingerprint density at radius 3 is 2.20 bits per heavy atom. The van der Waals surface area contributed by atoms with Crippen molar-refractivity contribution in [1.82, 2.24) is 0 Å².